The Hall–Kier alpha value is -1.09. The number of anilines is 1. The molecule has 1 heterocycles. The fraction of sp³-hybridized carbons (Fsp3) is 0.231. The van der Waals surface area contributed by atoms with Crippen molar-refractivity contribution in [2.45, 2.75) is 17.9 Å². The number of hydrogen-bond donors (Lipinski definition) is 2. The highest BCUT2D eigenvalue weighted by Gasteiger charge is 2.23. The number of hydrogen-bond acceptors (Lipinski definition) is 5. The summed E-state index contributed by atoms with van der Waals surface area (Å²) in [6, 6.07) is 4.46. The maximum Gasteiger partial charge on any atom is 0.244 e. The Kier molecular flexibility index (Phi) is 4.92. The third kappa shape index (κ3) is 3.57. The number of thiophene rings is 1. The van der Waals surface area contributed by atoms with E-state index in [9.17, 15) is 8.42 Å². The molecule has 2 aromatic rings. The Morgan fingerprint density at radius 2 is 2.14 bits per heavy atom. The average Bonchev–Trinajstić information content (AvgIpc) is 2.94. The number of sulfonamides is 1. The van der Waals surface area contributed by atoms with Crippen molar-refractivity contribution in [3.8, 4) is 5.75 Å². The molecule has 0 spiro atoms. The minimum atomic E-state index is -3.74. The highest BCUT2D eigenvalue weighted by atomic mass is 79.9. The number of nitrogen functional groups attached to an aromatic ring is 1. The van der Waals surface area contributed by atoms with E-state index in [-0.39, 0.29) is 16.7 Å². The highest BCUT2D eigenvalue weighted by molar-refractivity contribution is 9.10. The summed E-state index contributed by atoms with van der Waals surface area (Å²) in [4.78, 5) is 0.0211. The van der Waals surface area contributed by atoms with Gasteiger partial charge in [0.25, 0.3) is 0 Å². The molecule has 8 heteroatoms. The predicted octanol–water partition coefficient (Wildman–Crippen LogP) is 3.14. The van der Waals surface area contributed by atoms with Crippen LogP contribution in [0.3, 0.4) is 0 Å². The van der Waals surface area contributed by atoms with Crippen LogP contribution in [0.4, 0.5) is 5.69 Å². The van der Waals surface area contributed by atoms with Crippen LogP contribution in [0.1, 0.15) is 18.5 Å². The van der Waals surface area contributed by atoms with E-state index >= 15 is 0 Å². The van der Waals surface area contributed by atoms with Gasteiger partial charge in [0.05, 0.1) is 7.11 Å². The van der Waals surface area contributed by atoms with Crippen molar-refractivity contribution >= 4 is 43.0 Å². The van der Waals surface area contributed by atoms with Gasteiger partial charge in [0.15, 0.2) is 0 Å². The first-order valence-electron chi connectivity index (χ1n) is 6.02. The lowest BCUT2D eigenvalue weighted by Crippen LogP contribution is -2.27. The van der Waals surface area contributed by atoms with Crippen LogP contribution in [0, 0.1) is 0 Å². The first kappa shape index (κ1) is 16.3. The fourth-order valence-electron chi connectivity index (χ4n) is 1.81. The summed E-state index contributed by atoms with van der Waals surface area (Å²) in [7, 11) is -2.32. The first-order chi connectivity index (χ1) is 9.85. The minimum Gasteiger partial charge on any atom is -0.495 e. The zero-order chi connectivity index (χ0) is 15.6. The molecule has 0 saturated heterocycles. The van der Waals surface area contributed by atoms with E-state index in [4.69, 9.17) is 10.5 Å². The molecule has 114 valence electrons. The van der Waals surface area contributed by atoms with E-state index in [0.717, 1.165) is 5.56 Å². The van der Waals surface area contributed by atoms with Gasteiger partial charge < -0.3 is 10.5 Å². The summed E-state index contributed by atoms with van der Waals surface area (Å²) in [5.41, 5.74) is 7.02. The first-order valence-corrected chi connectivity index (χ1v) is 9.24. The summed E-state index contributed by atoms with van der Waals surface area (Å²) in [5.74, 6) is 0.237. The van der Waals surface area contributed by atoms with Crippen LogP contribution in [-0.2, 0) is 10.0 Å². The van der Waals surface area contributed by atoms with E-state index < -0.39 is 10.0 Å². The predicted molar refractivity (Wildman–Crippen MR) is 88.2 cm³/mol. The van der Waals surface area contributed by atoms with Gasteiger partial charge in [-0.1, -0.05) is 0 Å². The smallest absolute Gasteiger partial charge is 0.244 e. The molecule has 1 aromatic carbocycles. The van der Waals surface area contributed by atoms with E-state index in [1.54, 1.807) is 13.0 Å². The van der Waals surface area contributed by atoms with Crippen LogP contribution in [0.2, 0.25) is 0 Å². The fourth-order valence-corrected chi connectivity index (χ4v) is 4.30. The Morgan fingerprint density at radius 3 is 2.71 bits per heavy atom. The standard InChI is InChI=1S/C13H15BrN2O3S2/c1-8(9-3-4-20-7-9)16-21(17,18)13-6-11(15)10(14)5-12(13)19-2/h3-8,16H,15H2,1-2H3. The number of rotatable bonds is 5. The molecule has 0 bridgehead atoms. The number of benzene rings is 1. The van der Waals surface area contributed by atoms with Crippen LogP contribution in [0.25, 0.3) is 0 Å². The van der Waals surface area contributed by atoms with Crippen molar-refractivity contribution in [1.29, 1.82) is 0 Å². The van der Waals surface area contributed by atoms with Gasteiger partial charge >= 0.3 is 0 Å². The normalized spacial score (nSPS) is 13.1. The van der Waals surface area contributed by atoms with Crippen LogP contribution < -0.4 is 15.2 Å². The number of nitrogens with one attached hydrogen (secondary N) is 1. The summed E-state index contributed by atoms with van der Waals surface area (Å²) >= 11 is 4.77. The molecule has 1 atom stereocenters. The number of nitrogens with two attached hydrogens (primary N) is 1. The Bertz CT molecular complexity index is 730. The summed E-state index contributed by atoms with van der Waals surface area (Å²) < 4.78 is 33.4. The molecule has 1 aromatic heterocycles. The average molecular weight is 391 g/mol. The maximum absolute atomic E-state index is 12.5. The lowest BCUT2D eigenvalue weighted by molar-refractivity contribution is 0.402. The van der Waals surface area contributed by atoms with Crippen molar-refractivity contribution in [2.24, 2.45) is 0 Å². The number of ether oxygens (including phenoxy) is 1. The van der Waals surface area contributed by atoms with Crippen molar-refractivity contribution in [2.75, 3.05) is 12.8 Å². The number of methoxy groups -OCH3 is 1. The molecule has 0 radical (unpaired) electrons. The Labute approximate surface area is 136 Å². The van der Waals surface area contributed by atoms with E-state index in [0.29, 0.717) is 10.2 Å². The van der Waals surface area contributed by atoms with Crippen molar-refractivity contribution in [1.82, 2.24) is 4.72 Å². The van der Waals surface area contributed by atoms with Crippen LogP contribution in [-0.4, -0.2) is 15.5 Å². The minimum absolute atomic E-state index is 0.0211. The van der Waals surface area contributed by atoms with Gasteiger partial charge in [0.2, 0.25) is 10.0 Å². The molecular formula is C13H15BrN2O3S2. The van der Waals surface area contributed by atoms with Gasteiger partial charge in [-0.3, -0.25) is 0 Å². The maximum atomic E-state index is 12.5. The lowest BCUT2D eigenvalue weighted by Gasteiger charge is -2.16. The largest absolute Gasteiger partial charge is 0.495 e. The van der Waals surface area contributed by atoms with E-state index in [1.807, 2.05) is 16.8 Å². The zero-order valence-corrected chi connectivity index (χ0v) is 14.7. The summed E-state index contributed by atoms with van der Waals surface area (Å²) in [6.45, 7) is 1.79. The molecular weight excluding hydrogens is 376 g/mol. The van der Waals surface area contributed by atoms with Crippen LogP contribution in [0.15, 0.2) is 38.3 Å². The van der Waals surface area contributed by atoms with Gasteiger partial charge in [-0.05, 0) is 57.4 Å². The molecule has 5 nitrogen and oxygen atoms in total. The summed E-state index contributed by atoms with van der Waals surface area (Å²) in [6.07, 6.45) is 0. The molecule has 0 aliphatic carbocycles. The molecule has 3 N–H and O–H groups in total. The van der Waals surface area contributed by atoms with Gasteiger partial charge in [-0.15, -0.1) is 0 Å². The monoisotopic (exact) mass is 390 g/mol. The van der Waals surface area contributed by atoms with Crippen molar-refractivity contribution in [3.63, 3.8) is 0 Å². The zero-order valence-electron chi connectivity index (χ0n) is 11.5. The third-order valence-corrected chi connectivity index (χ3v) is 5.90. The Morgan fingerprint density at radius 1 is 1.43 bits per heavy atom. The molecule has 0 saturated carbocycles. The quantitative estimate of drug-likeness (QED) is 0.768. The van der Waals surface area contributed by atoms with Crippen molar-refractivity contribution in [3.05, 3.63) is 39.0 Å². The Balaban J connectivity index is 2.38. The molecule has 0 amide bonds. The van der Waals surface area contributed by atoms with Crippen molar-refractivity contribution < 1.29 is 13.2 Å². The highest BCUT2D eigenvalue weighted by Crippen LogP contribution is 2.33. The van der Waals surface area contributed by atoms with E-state index in [1.165, 1.54) is 24.5 Å². The van der Waals surface area contributed by atoms with Gasteiger partial charge in [0, 0.05) is 16.2 Å². The third-order valence-electron chi connectivity index (χ3n) is 2.95. The van der Waals surface area contributed by atoms with Crippen LogP contribution in [0.5, 0.6) is 5.75 Å². The molecule has 0 fully saturated rings. The molecule has 1 unspecified atom stereocenters. The second-order valence-electron chi connectivity index (χ2n) is 4.42. The second-order valence-corrected chi connectivity index (χ2v) is 7.74. The van der Waals surface area contributed by atoms with E-state index in [2.05, 4.69) is 20.7 Å². The lowest BCUT2D eigenvalue weighted by atomic mass is 10.2. The number of halogens is 1. The van der Waals surface area contributed by atoms with Gasteiger partial charge in [-0.25, -0.2) is 13.1 Å². The molecule has 0 aliphatic heterocycles. The second kappa shape index (κ2) is 6.35. The molecule has 21 heavy (non-hydrogen) atoms. The topological polar surface area (TPSA) is 81.4 Å². The van der Waals surface area contributed by atoms with Gasteiger partial charge in [-0.2, -0.15) is 11.3 Å². The van der Waals surface area contributed by atoms with Crippen LogP contribution >= 0.6 is 27.3 Å². The molecule has 0 aliphatic rings. The SMILES string of the molecule is COc1cc(Br)c(N)cc1S(=O)(=O)NC(C)c1ccsc1. The summed E-state index contributed by atoms with van der Waals surface area (Å²) in [5, 5.41) is 3.80. The van der Waals surface area contributed by atoms with Gasteiger partial charge in [0.1, 0.15) is 10.6 Å². The molecule has 2 rings (SSSR count).